The monoisotopic (exact) mass is 414 g/mol. The number of nitrogens with zero attached hydrogens (tertiary/aromatic N) is 1. The van der Waals surface area contributed by atoms with Crippen LogP contribution in [0.2, 0.25) is 0 Å². The second kappa shape index (κ2) is 9.42. The third-order valence-electron chi connectivity index (χ3n) is 6.00. The molecule has 2 aliphatic heterocycles. The molecule has 6 heteroatoms. The van der Waals surface area contributed by atoms with E-state index in [0.29, 0.717) is 17.4 Å². The number of amides is 1. The molecule has 2 aromatic rings. The van der Waals surface area contributed by atoms with Crippen LogP contribution in [0.3, 0.4) is 0 Å². The summed E-state index contributed by atoms with van der Waals surface area (Å²) >= 11 is 0. The molecule has 29 heavy (non-hydrogen) atoms. The highest BCUT2D eigenvalue weighted by atomic mass is 35.5. The van der Waals surface area contributed by atoms with E-state index >= 15 is 0 Å². The zero-order chi connectivity index (χ0) is 19.5. The minimum absolute atomic E-state index is 0. The van der Waals surface area contributed by atoms with Crippen LogP contribution in [0.4, 0.5) is 0 Å². The van der Waals surface area contributed by atoms with E-state index in [-0.39, 0.29) is 43.0 Å². The number of likely N-dealkylation sites (tertiary alicyclic amines) is 1. The molecule has 154 valence electrons. The molecule has 2 aromatic carbocycles. The van der Waals surface area contributed by atoms with Crippen molar-refractivity contribution >= 4 is 24.1 Å². The van der Waals surface area contributed by atoms with Gasteiger partial charge in [0.15, 0.2) is 5.78 Å². The van der Waals surface area contributed by atoms with Crippen molar-refractivity contribution in [3.8, 4) is 5.75 Å². The van der Waals surface area contributed by atoms with E-state index in [0.717, 1.165) is 30.9 Å². The summed E-state index contributed by atoms with van der Waals surface area (Å²) in [6, 6.07) is 17.3. The molecule has 1 N–H and O–H groups in total. The fourth-order valence-electron chi connectivity index (χ4n) is 4.54. The Balaban J connectivity index is 0.00000240. The summed E-state index contributed by atoms with van der Waals surface area (Å²) in [5.74, 6) is 1.80. The van der Waals surface area contributed by atoms with Crippen molar-refractivity contribution in [2.75, 3.05) is 26.7 Å². The third-order valence-corrected chi connectivity index (χ3v) is 6.00. The van der Waals surface area contributed by atoms with E-state index in [9.17, 15) is 9.59 Å². The number of nitrogens with one attached hydrogen (secondary N) is 1. The fraction of sp³-hybridized carbons (Fsp3) is 0.391. The summed E-state index contributed by atoms with van der Waals surface area (Å²) < 4.78 is 5.27. The average Bonchev–Trinajstić information content (AvgIpc) is 3.34. The molecule has 0 spiro atoms. The summed E-state index contributed by atoms with van der Waals surface area (Å²) in [4.78, 5) is 27.4. The molecule has 1 amide bonds. The Labute approximate surface area is 177 Å². The lowest BCUT2D eigenvalue weighted by molar-refractivity contribution is -0.132. The SMILES string of the molecule is COc1ccc([C@H]2[C@H]3CNC[C@H]3CN2C(=O)CCC(=O)c2ccccc2)cc1.Cl. The van der Waals surface area contributed by atoms with Gasteiger partial charge in [-0.05, 0) is 23.6 Å². The number of ketones is 1. The van der Waals surface area contributed by atoms with E-state index < -0.39 is 0 Å². The smallest absolute Gasteiger partial charge is 0.223 e. The Kier molecular flexibility index (Phi) is 6.93. The molecule has 0 saturated carbocycles. The maximum atomic E-state index is 13.0. The van der Waals surface area contributed by atoms with Gasteiger partial charge in [-0.25, -0.2) is 0 Å². The number of carbonyl (C=O) groups excluding carboxylic acids is 2. The molecule has 0 aliphatic carbocycles. The normalized spacial score (nSPS) is 22.7. The lowest BCUT2D eigenvalue weighted by Crippen LogP contribution is -2.34. The zero-order valence-corrected chi connectivity index (χ0v) is 17.4. The van der Waals surface area contributed by atoms with Gasteiger partial charge in [-0.2, -0.15) is 0 Å². The highest BCUT2D eigenvalue weighted by Crippen LogP contribution is 2.43. The number of hydrogen-bond donors (Lipinski definition) is 1. The van der Waals surface area contributed by atoms with Crippen LogP contribution in [0.15, 0.2) is 54.6 Å². The number of rotatable bonds is 6. The maximum Gasteiger partial charge on any atom is 0.223 e. The molecule has 2 fully saturated rings. The second-order valence-electron chi connectivity index (χ2n) is 7.64. The van der Waals surface area contributed by atoms with Gasteiger partial charge in [0.2, 0.25) is 5.91 Å². The number of carbonyl (C=O) groups is 2. The topological polar surface area (TPSA) is 58.6 Å². The van der Waals surface area contributed by atoms with Gasteiger partial charge in [0.25, 0.3) is 0 Å². The molecule has 0 unspecified atom stereocenters. The number of Topliss-reactive ketones (excluding diaryl/α,β-unsaturated/α-hetero) is 1. The third kappa shape index (κ3) is 4.46. The fourth-order valence-corrected chi connectivity index (χ4v) is 4.54. The largest absolute Gasteiger partial charge is 0.497 e. The Morgan fingerprint density at radius 1 is 1.03 bits per heavy atom. The first-order valence-electron chi connectivity index (χ1n) is 9.90. The van der Waals surface area contributed by atoms with Crippen LogP contribution in [0.25, 0.3) is 0 Å². The number of hydrogen-bond acceptors (Lipinski definition) is 4. The molecule has 0 radical (unpaired) electrons. The Morgan fingerprint density at radius 2 is 1.76 bits per heavy atom. The first kappa shape index (κ1) is 21.3. The molecule has 3 atom stereocenters. The van der Waals surface area contributed by atoms with Crippen molar-refractivity contribution in [3.05, 3.63) is 65.7 Å². The number of ether oxygens (including phenoxy) is 1. The number of halogens is 1. The second-order valence-corrected chi connectivity index (χ2v) is 7.64. The van der Waals surface area contributed by atoms with Gasteiger partial charge in [-0.1, -0.05) is 42.5 Å². The van der Waals surface area contributed by atoms with Crippen LogP contribution >= 0.6 is 12.4 Å². The molecule has 4 rings (SSSR count). The first-order chi connectivity index (χ1) is 13.7. The molecular weight excluding hydrogens is 388 g/mol. The van der Waals surface area contributed by atoms with Crippen LogP contribution < -0.4 is 10.1 Å². The van der Waals surface area contributed by atoms with Gasteiger partial charge in [0, 0.05) is 44.0 Å². The standard InChI is InChI=1S/C23H26N2O3.ClH/c1-28-19-9-7-17(8-10-19)23-20-14-24-13-18(20)15-25(23)22(27)12-11-21(26)16-5-3-2-4-6-16;/h2-10,18,20,23-24H,11-15H2,1H3;1H/t18-,20-,23-;/m0./s1. The van der Waals surface area contributed by atoms with Crippen molar-refractivity contribution in [3.63, 3.8) is 0 Å². The molecule has 0 aromatic heterocycles. The minimum atomic E-state index is 0. The van der Waals surface area contributed by atoms with Crippen LogP contribution in [-0.4, -0.2) is 43.3 Å². The van der Waals surface area contributed by atoms with Gasteiger partial charge in [-0.3, -0.25) is 9.59 Å². The summed E-state index contributed by atoms with van der Waals surface area (Å²) in [5, 5.41) is 3.46. The minimum Gasteiger partial charge on any atom is -0.497 e. The lowest BCUT2D eigenvalue weighted by atomic mass is 9.89. The summed E-state index contributed by atoms with van der Waals surface area (Å²) in [6.07, 6.45) is 0.509. The van der Waals surface area contributed by atoms with Gasteiger partial charge >= 0.3 is 0 Å². The molecule has 0 bridgehead atoms. The van der Waals surface area contributed by atoms with E-state index in [1.807, 2.05) is 35.2 Å². The molecular formula is C23H27ClN2O3. The van der Waals surface area contributed by atoms with E-state index in [4.69, 9.17) is 4.74 Å². The van der Waals surface area contributed by atoms with Crippen molar-refractivity contribution in [2.45, 2.75) is 18.9 Å². The number of benzene rings is 2. The average molecular weight is 415 g/mol. The maximum absolute atomic E-state index is 13.0. The van der Waals surface area contributed by atoms with E-state index in [1.54, 1.807) is 19.2 Å². The van der Waals surface area contributed by atoms with E-state index in [1.165, 1.54) is 0 Å². The summed E-state index contributed by atoms with van der Waals surface area (Å²) in [6.45, 7) is 2.63. The number of fused-ring (bicyclic) bond motifs is 1. The predicted molar refractivity (Wildman–Crippen MR) is 115 cm³/mol. The van der Waals surface area contributed by atoms with Crippen molar-refractivity contribution in [2.24, 2.45) is 11.8 Å². The summed E-state index contributed by atoms with van der Waals surface area (Å²) in [7, 11) is 1.65. The zero-order valence-electron chi connectivity index (χ0n) is 16.5. The molecule has 2 heterocycles. The van der Waals surface area contributed by atoms with Gasteiger partial charge in [-0.15, -0.1) is 12.4 Å². The van der Waals surface area contributed by atoms with Gasteiger partial charge in [0.05, 0.1) is 13.2 Å². The molecule has 2 aliphatic rings. The van der Waals surface area contributed by atoms with Gasteiger partial charge in [0.1, 0.15) is 5.75 Å². The Morgan fingerprint density at radius 3 is 2.45 bits per heavy atom. The van der Waals surface area contributed by atoms with E-state index in [2.05, 4.69) is 17.4 Å². The highest BCUT2D eigenvalue weighted by Gasteiger charge is 2.46. The number of methoxy groups -OCH3 is 1. The van der Waals surface area contributed by atoms with Crippen LogP contribution in [-0.2, 0) is 4.79 Å². The first-order valence-corrected chi connectivity index (χ1v) is 9.90. The summed E-state index contributed by atoms with van der Waals surface area (Å²) in [5.41, 5.74) is 1.81. The van der Waals surface area contributed by atoms with Crippen molar-refractivity contribution in [1.29, 1.82) is 0 Å². The molecule has 5 nitrogen and oxygen atoms in total. The lowest BCUT2D eigenvalue weighted by Gasteiger charge is -2.28. The van der Waals surface area contributed by atoms with Crippen LogP contribution in [0.1, 0.15) is 34.8 Å². The van der Waals surface area contributed by atoms with Crippen LogP contribution in [0.5, 0.6) is 5.75 Å². The van der Waals surface area contributed by atoms with Crippen LogP contribution in [0, 0.1) is 11.8 Å². The highest BCUT2D eigenvalue weighted by molar-refractivity contribution is 5.98. The predicted octanol–water partition coefficient (Wildman–Crippen LogP) is 3.50. The Hall–Kier alpha value is -2.37. The molecule has 2 saturated heterocycles. The Bertz CT molecular complexity index is 841. The quantitative estimate of drug-likeness (QED) is 0.735. The van der Waals surface area contributed by atoms with Gasteiger partial charge < -0.3 is 15.0 Å². The van der Waals surface area contributed by atoms with Crippen molar-refractivity contribution in [1.82, 2.24) is 10.2 Å². The van der Waals surface area contributed by atoms with Crippen molar-refractivity contribution < 1.29 is 14.3 Å².